The second kappa shape index (κ2) is 5.35. The number of aromatic nitrogens is 1. The number of amides is 1. The number of hydrogen-bond donors (Lipinski definition) is 0. The number of fused-ring (bicyclic) bond motifs is 1. The summed E-state index contributed by atoms with van der Waals surface area (Å²) in [5.74, 6) is -0.0835. The van der Waals surface area contributed by atoms with Crippen LogP contribution >= 0.6 is 11.3 Å². The van der Waals surface area contributed by atoms with Crippen LogP contribution in [-0.4, -0.2) is 28.4 Å². The maximum Gasteiger partial charge on any atom is 0.266 e. The maximum absolute atomic E-state index is 13.5. The van der Waals surface area contributed by atoms with E-state index in [1.807, 2.05) is 4.90 Å². The maximum atomic E-state index is 13.5. The fourth-order valence-corrected chi connectivity index (χ4v) is 3.67. The van der Waals surface area contributed by atoms with Crippen molar-refractivity contribution in [3.8, 4) is 5.75 Å². The molecule has 4 rings (SSSR count). The molecule has 0 unspecified atom stereocenters. The van der Waals surface area contributed by atoms with Gasteiger partial charge in [0.2, 0.25) is 0 Å². The van der Waals surface area contributed by atoms with E-state index in [4.69, 9.17) is 4.74 Å². The molecule has 1 aliphatic heterocycles. The molecule has 0 saturated heterocycles. The van der Waals surface area contributed by atoms with Crippen molar-refractivity contribution in [2.75, 3.05) is 6.54 Å². The minimum atomic E-state index is -0.389. The predicted molar refractivity (Wildman–Crippen MR) is 80.6 cm³/mol. The van der Waals surface area contributed by atoms with E-state index in [0.717, 1.165) is 41.4 Å². The number of carbonyl (C=O) groups is 1. The van der Waals surface area contributed by atoms with Crippen molar-refractivity contribution in [2.45, 2.75) is 31.9 Å². The van der Waals surface area contributed by atoms with Crippen molar-refractivity contribution in [1.82, 2.24) is 9.88 Å². The highest BCUT2D eigenvalue weighted by Crippen LogP contribution is 2.33. The first kappa shape index (κ1) is 13.7. The molecule has 2 aromatic rings. The third kappa shape index (κ3) is 2.47. The molecule has 2 heterocycles. The normalized spacial score (nSPS) is 17.5. The molecular weight excluding hydrogens is 303 g/mol. The minimum Gasteiger partial charge on any atom is -0.483 e. The van der Waals surface area contributed by atoms with Crippen LogP contribution in [0.15, 0.2) is 24.3 Å². The van der Waals surface area contributed by atoms with Gasteiger partial charge in [0.15, 0.2) is 11.6 Å². The zero-order valence-corrected chi connectivity index (χ0v) is 12.7. The van der Waals surface area contributed by atoms with Crippen molar-refractivity contribution in [2.24, 2.45) is 0 Å². The van der Waals surface area contributed by atoms with E-state index in [-0.39, 0.29) is 24.1 Å². The van der Waals surface area contributed by atoms with Gasteiger partial charge in [0.25, 0.3) is 5.91 Å². The third-order valence-electron chi connectivity index (χ3n) is 3.96. The highest BCUT2D eigenvalue weighted by Gasteiger charge is 2.37. The van der Waals surface area contributed by atoms with Gasteiger partial charge in [-0.3, -0.25) is 4.79 Å². The Bertz CT molecular complexity index is 727. The van der Waals surface area contributed by atoms with E-state index in [1.54, 1.807) is 18.2 Å². The molecule has 0 spiro atoms. The van der Waals surface area contributed by atoms with Gasteiger partial charge < -0.3 is 9.64 Å². The summed E-state index contributed by atoms with van der Waals surface area (Å²) in [7, 11) is 0. The summed E-state index contributed by atoms with van der Waals surface area (Å²) in [6.45, 7) is 0.948. The van der Waals surface area contributed by atoms with Gasteiger partial charge in [-0.15, -0.1) is 11.3 Å². The first-order valence-electron chi connectivity index (χ1n) is 7.39. The van der Waals surface area contributed by atoms with Gasteiger partial charge in [-0.1, -0.05) is 12.1 Å². The lowest BCUT2D eigenvalue weighted by Gasteiger charge is -2.25. The largest absolute Gasteiger partial charge is 0.483 e. The first-order chi connectivity index (χ1) is 10.7. The first-order valence-corrected chi connectivity index (χ1v) is 8.21. The molecule has 1 amide bonds. The van der Waals surface area contributed by atoms with Crippen LogP contribution in [0.1, 0.15) is 33.2 Å². The Balaban J connectivity index is 1.49. The number of hydrogen-bond acceptors (Lipinski definition) is 4. The lowest BCUT2D eigenvalue weighted by Crippen LogP contribution is -2.38. The van der Waals surface area contributed by atoms with Crippen molar-refractivity contribution >= 4 is 17.2 Å². The molecule has 1 aromatic carbocycles. The molecule has 1 saturated carbocycles. The van der Waals surface area contributed by atoms with Crippen LogP contribution in [0.2, 0.25) is 0 Å². The highest BCUT2D eigenvalue weighted by molar-refractivity contribution is 7.13. The molecule has 1 fully saturated rings. The Hall–Kier alpha value is -1.95. The van der Waals surface area contributed by atoms with Crippen LogP contribution in [-0.2, 0) is 13.0 Å². The predicted octanol–water partition coefficient (Wildman–Crippen LogP) is 3.02. The number of carbonyl (C=O) groups excluding carboxylic acids is 1. The average molecular weight is 318 g/mol. The third-order valence-corrected chi connectivity index (χ3v) is 5.02. The van der Waals surface area contributed by atoms with Gasteiger partial charge in [-0.25, -0.2) is 9.37 Å². The van der Waals surface area contributed by atoms with E-state index in [1.165, 1.54) is 17.4 Å². The molecule has 2 aliphatic rings. The monoisotopic (exact) mass is 318 g/mol. The van der Waals surface area contributed by atoms with Crippen LogP contribution in [0.4, 0.5) is 4.39 Å². The van der Waals surface area contributed by atoms with Gasteiger partial charge in [-0.2, -0.15) is 0 Å². The van der Waals surface area contributed by atoms with Crippen molar-refractivity contribution in [3.63, 3.8) is 0 Å². The SMILES string of the molecule is O=C1c2sc(COc3ccccc3F)nc2CCN1C1CC1. The number of rotatable bonds is 4. The molecule has 0 radical (unpaired) electrons. The van der Waals surface area contributed by atoms with Gasteiger partial charge in [-0.05, 0) is 25.0 Å². The number of benzene rings is 1. The summed E-state index contributed by atoms with van der Waals surface area (Å²) in [6, 6.07) is 6.72. The zero-order chi connectivity index (χ0) is 15.1. The number of para-hydroxylation sites is 1. The number of ether oxygens (including phenoxy) is 1. The van der Waals surface area contributed by atoms with E-state index in [0.29, 0.717) is 6.04 Å². The smallest absolute Gasteiger partial charge is 0.266 e. The van der Waals surface area contributed by atoms with Gasteiger partial charge in [0.1, 0.15) is 16.5 Å². The fourth-order valence-electron chi connectivity index (χ4n) is 2.69. The summed E-state index contributed by atoms with van der Waals surface area (Å²) < 4.78 is 19.0. The Morgan fingerprint density at radius 3 is 2.95 bits per heavy atom. The van der Waals surface area contributed by atoms with Crippen molar-refractivity contribution in [1.29, 1.82) is 0 Å². The second-order valence-corrected chi connectivity index (χ2v) is 6.67. The average Bonchev–Trinajstić information content (AvgIpc) is 3.26. The lowest BCUT2D eigenvalue weighted by molar-refractivity contribution is 0.0731. The standard InChI is InChI=1S/C16H15FN2O2S/c17-11-3-1-2-4-13(11)21-9-14-18-12-7-8-19(10-5-6-10)16(20)15(12)22-14/h1-4,10H,5-9H2. The highest BCUT2D eigenvalue weighted by atomic mass is 32.1. The fraction of sp³-hybridized carbons (Fsp3) is 0.375. The van der Waals surface area contributed by atoms with Gasteiger partial charge in [0, 0.05) is 19.0 Å². The molecule has 1 aromatic heterocycles. The number of thiazole rings is 1. The van der Waals surface area contributed by atoms with Crippen LogP contribution in [0.25, 0.3) is 0 Å². The van der Waals surface area contributed by atoms with E-state index >= 15 is 0 Å². The lowest BCUT2D eigenvalue weighted by atomic mass is 10.1. The van der Waals surface area contributed by atoms with E-state index in [9.17, 15) is 9.18 Å². The summed E-state index contributed by atoms with van der Waals surface area (Å²) in [6.07, 6.45) is 3.03. The van der Waals surface area contributed by atoms with Gasteiger partial charge in [0.05, 0.1) is 5.69 Å². The zero-order valence-electron chi connectivity index (χ0n) is 11.9. The van der Waals surface area contributed by atoms with Crippen LogP contribution in [0.3, 0.4) is 0 Å². The Morgan fingerprint density at radius 2 is 2.18 bits per heavy atom. The van der Waals surface area contributed by atoms with E-state index in [2.05, 4.69) is 4.98 Å². The van der Waals surface area contributed by atoms with Crippen LogP contribution < -0.4 is 4.74 Å². The number of halogens is 1. The van der Waals surface area contributed by atoms with E-state index < -0.39 is 0 Å². The molecule has 4 nitrogen and oxygen atoms in total. The Morgan fingerprint density at radius 1 is 1.36 bits per heavy atom. The molecule has 6 heteroatoms. The quantitative estimate of drug-likeness (QED) is 0.870. The summed E-state index contributed by atoms with van der Waals surface area (Å²) in [5.41, 5.74) is 0.860. The van der Waals surface area contributed by atoms with Crippen LogP contribution in [0, 0.1) is 5.82 Å². The molecule has 1 aliphatic carbocycles. The second-order valence-electron chi connectivity index (χ2n) is 5.58. The molecule has 0 atom stereocenters. The molecule has 22 heavy (non-hydrogen) atoms. The minimum absolute atomic E-state index is 0.0957. The van der Waals surface area contributed by atoms with Gasteiger partial charge >= 0.3 is 0 Å². The molecule has 0 N–H and O–H groups in total. The molecule has 0 bridgehead atoms. The molecule has 114 valence electrons. The van der Waals surface area contributed by atoms with Crippen molar-refractivity contribution in [3.05, 3.63) is 45.7 Å². The van der Waals surface area contributed by atoms with Crippen molar-refractivity contribution < 1.29 is 13.9 Å². The molecular formula is C16H15FN2O2S. The Kier molecular flexibility index (Phi) is 3.33. The van der Waals surface area contributed by atoms with Crippen LogP contribution in [0.5, 0.6) is 5.75 Å². The topological polar surface area (TPSA) is 42.4 Å². The summed E-state index contributed by atoms with van der Waals surface area (Å²) in [4.78, 5) is 19.6. The summed E-state index contributed by atoms with van der Waals surface area (Å²) >= 11 is 1.37. The number of nitrogens with zero attached hydrogens (tertiary/aromatic N) is 2. The Labute approximate surface area is 131 Å². The summed E-state index contributed by atoms with van der Waals surface area (Å²) in [5, 5.41) is 0.722.